The Morgan fingerprint density at radius 1 is 1.05 bits per heavy atom. The maximum atomic E-state index is 12.2. The van der Waals surface area contributed by atoms with Crippen molar-refractivity contribution in [3.63, 3.8) is 0 Å². The van der Waals surface area contributed by atoms with Crippen molar-refractivity contribution >= 4 is 34.7 Å². The molecule has 2 aromatic rings. The predicted molar refractivity (Wildman–Crippen MR) is 83.4 cm³/mol. The molecule has 2 rings (SSSR count). The molecule has 0 fully saturated rings. The molecule has 0 unspecified atom stereocenters. The third-order valence-corrected chi connectivity index (χ3v) is 4.18. The lowest BCUT2D eigenvalue weighted by Gasteiger charge is -2.13. The van der Waals surface area contributed by atoms with E-state index in [-0.39, 0.29) is 4.90 Å². The van der Waals surface area contributed by atoms with Gasteiger partial charge in [0, 0.05) is 25.5 Å². The van der Waals surface area contributed by atoms with Gasteiger partial charge in [-0.3, -0.25) is 4.72 Å². The van der Waals surface area contributed by atoms with Gasteiger partial charge < -0.3 is 4.90 Å². The summed E-state index contributed by atoms with van der Waals surface area (Å²) in [6.07, 6.45) is 0. The molecule has 0 amide bonds. The van der Waals surface area contributed by atoms with Crippen molar-refractivity contribution in [1.29, 1.82) is 0 Å². The number of benzene rings is 2. The van der Waals surface area contributed by atoms with Gasteiger partial charge in [0.25, 0.3) is 10.0 Å². The molecule has 0 bridgehead atoms. The fourth-order valence-electron chi connectivity index (χ4n) is 1.72. The van der Waals surface area contributed by atoms with Gasteiger partial charge in [0.1, 0.15) is 7.85 Å². The quantitative estimate of drug-likeness (QED) is 0.863. The van der Waals surface area contributed by atoms with Gasteiger partial charge in [-0.2, -0.15) is 0 Å². The van der Waals surface area contributed by atoms with Crippen LogP contribution in [-0.4, -0.2) is 30.4 Å². The van der Waals surface area contributed by atoms with Gasteiger partial charge in [-0.05, 0) is 36.4 Å². The minimum Gasteiger partial charge on any atom is -0.378 e. The fourth-order valence-corrected chi connectivity index (χ4v) is 2.84. The third-order valence-electron chi connectivity index (χ3n) is 2.80. The van der Waals surface area contributed by atoms with E-state index in [1.807, 2.05) is 31.1 Å². The number of rotatable bonds is 4. The normalized spacial score (nSPS) is 11.1. The SMILES string of the molecule is [B]c1cccc(S(=O)(=O)Nc2ccc(N(C)C)cc2)c1. The molecule has 4 nitrogen and oxygen atoms in total. The molecule has 0 aliphatic rings. The number of hydrogen-bond acceptors (Lipinski definition) is 3. The van der Waals surface area contributed by atoms with E-state index in [9.17, 15) is 8.42 Å². The van der Waals surface area contributed by atoms with Crippen molar-refractivity contribution in [1.82, 2.24) is 0 Å². The highest BCUT2D eigenvalue weighted by atomic mass is 32.2. The van der Waals surface area contributed by atoms with E-state index in [4.69, 9.17) is 7.85 Å². The molecule has 1 N–H and O–H groups in total. The maximum absolute atomic E-state index is 12.2. The lowest BCUT2D eigenvalue weighted by atomic mass is 9.97. The Bertz CT molecular complexity index is 697. The van der Waals surface area contributed by atoms with E-state index >= 15 is 0 Å². The first-order valence-electron chi connectivity index (χ1n) is 6.04. The lowest BCUT2D eigenvalue weighted by Crippen LogP contribution is -2.15. The van der Waals surface area contributed by atoms with Gasteiger partial charge in [0.2, 0.25) is 0 Å². The van der Waals surface area contributed by atoms with Crippen molar-refractivity contribution in [2.45, 2.75) is 4.90 Å². The second-order valence-electron chi connectivity index (χ2n) is 4.62. The Morgan fingerprint density at radius 2 is 1.70 bits per heavy atom. The third kappa shape index (κ3) is 3.33. The van der Waals surface area contributed by atoms with Crippen molar-refractivity contribution in [2.75, 3.05) is 23.7 Å². The van der Waals surface area contributed by atoms with E-state index in [0.717, 1.165) is 5.69 Å². The van der Waals surface area contributed by atoms with Crippen molar-refractivity contribution in [3.8, 4) is 0 Å². The van der Waals surface area contributed by atoms with Gasteiger partial charge in [0.05, 0.1) is 4.90 Å². The van der Waals surface area contributed by atoms with Crippen LogP contribution in [0.3, 0.4) is 0 Å². The Morgan fingerprint density at radius 3 is 2.25 bits per heavy atom. The number of nitrogens with one attached hydrogen (secondary N) is 1. The Balaban J connectivity index is 2.24. The summed E-state index contributed by atoms with van der Waals surface area (Å²) in [5, 5.41) is 0. The van der Waals surface area contributed by atoms with Crippen LogP contribution in [-0.2, 0) is 10.0 Å². The molecule has 0 aliphatic heterocycles. The summed E-state index contributed by atoms with van der Waals surface area (Å²) in [7, 11) is 5.84. The highest BCUT2D eigenvalue weighted by molar-refractivity contribution is 7.92. The molecule has 2 radical (unpaired) electrons. The fraction of sp³-hybridized carbons (Fsp3) is 0.143. The average molecular weight is 286 g/mol. The monoisotopic (exact) mass is 286 g/mol. The van der Waals surface area contributed by atoms with Crippen LogP contribution in [0.25, 0.3) is 0 Å². The number of hydrogen-bond donors (Lipinski definition) is 1. The van der Waals surface area contributed by atoms with Crippen LogP contribution in [0.1, 0.15) is 0 Å². The van der Waals surface area contributed by atoms with Crippen molar-refractivity contribution < 1.29 is 8.42 Å². The Hall–Kier alpha value is -1.95. The summed E-state index contributed by atoms with van der Waals surface area (Å²) in [6, 6.07) is 13.3. The smallest absolute Gasteiger partial charge is 0.261 e. The molecular formula is C14H15BN2O2S. The average Bonchev–Trinajstić information content (AvgIpc) is 2.39. The second kappa shape index (κ2) is 5.59. The van der Waals surface area contributed by atoms with Gasteiger partial charge in [0.15, 0.2) is 0 Å². The van der Waals surface area contributed by atoms with Crippen molar-refractivity contribution in [3.05, 3.63) is 48.5 Å². The molecule has 20 heavy (non-hydrogen) atoms. The van der Waals surface area contributed by atoms with Gasteiger partial charge in [-0.15, -0.1) is 0 Å². The number of nitrogens with zero attached hydrogens (tertiary/aromatic N) is 1. The molecule has 2 aromatic carbocycles. The second-order valence-corrected chi connectivity index (χ2v) is 6.30. The largest absolute Gasteiger partial charge is 0.378 e. The molecule has 0 saturated heterocycles. The standard InChI is InChI=1S/C14H15BN2O2S/c1-17(2)13-8-6-12(7-9-13)16-20(18,19)14-5-3-4-11(15)10-14/h3-10,16H,1-2H3. The highest BCUT2D eigenvalue weighted by Crippen LogP contribution is 2.19. The lowest BCUT2D eigenvalue weighted by molar-refractivity contribution is 0.601. The Labute approximate surface area is 120 Å². The Kier molecular flexibility index (Phi) is 4.04. The summed E-state index contributed by atoms with van der Waals surface area (Å²) in [4.78, 5) is 2.09. The predicted octanol–water partition coefficient (Wildman–Crippen LogP) is 1.35. The van der Waals surface area contributed by atoms with Crippen molar-refractivity contribution in [2.24, 2.45) is 0 Å². The summed E-state index contributed by atoms with van der Waals surface area (Å²) in [5.41, 5.74) is 1.92. The summed E-state index contributed by atoms with van der Waals surface area (Å²) >= 11 is 0. The number of sulfonamides is 1. The van der Waals surface area contributed by atoms with E-state index in [1.54, 1.807) is 24.3 Å². The molecule has 0 aliphatic carbocycles. The summed E-state index contributed by atoms with van der Waals surface area (Å²) in [6.45, 7) is 0. The van der Waals surface area contributed by atoms with Crippen LogP contribution in [0.15, 0.2) is 53.4 Å². The van der Waals surface area contributed by atoms with Gasteiger partial charge in [-0.25, -0.2) is 8.42 Å². The molecule has 102 valence electrons. The molecular weight excluding hydrogens is 271 g/mol. The minimum absolute atomic E-state index is 0.147. The van der Waals surface area contributed by atoms with Crippen LogP contribution >= 0.6 is 0 Å². The minimum atomic E-state index is -3.61. The first-order chi connectivity index (χ1) is 9.38. The van der Waals surface area contributed by atoms with Crippen LogP contribution in [0.5, 0.6) is 0 Å². The van der Waals surface area contributed by atoms with E-state index < -0.39 is 10.0 Å². The van der Waals surface area contributed by atoms with Crippen LogP contribution in [0.4, 0.5) is 11.4 Å². The first-order valence-corrected chi connectivity index (χ1v) is 7.52. The van der Waals surface area contributed by atoms with Crippen LogP contribution in [0, 0.1) is 0 Å². The van der Waals surface area contributed by atoms with E-state index in [0.29, 0.717) is 11.2 Å². The van der Waals surface area contributed by atoms with Crippen LogP contribution < -0.4 is 15.1 Å². The van der Waals surface area contributed by atoms with Gasteiger partial charge >= 0.3 is 0 Å². The topological polar surface area (TPSA) is 49.4 Å². The zero-order valence-electron chi connectivity index (χ0n) is 11.4. The molecule has 0 aromatic heterocycles. The zero-order chi connectivity index (χ0) is 14.8. The molecule has 0 heterocycles. The molecule has 6 heteroatoms. The molecule has 0 saturated carbocycles. The molecule has 0 spiro atoms. The summed E-state index contributed by atoms with van der Waals surface area (Å²) < 4.78 is 26.9. The van der Waals surface area contributed by atoms with Crippen LogP contribution in [0.2, 0.25) is 0 Å². The first kappa shape index (κ1) is 14.5. The van der Waals surface area contributed by atoms with E-state index in [1.165, 1.54) is 12.1 Å². The summed E-state index contributed by atoms with van der Waals surface area (Å²) in [5.74, 6) is 0. The molecule has 0 atom stereocenters. The highest BCUT2D eigenvalue weighted by Gasteiger charge is 2.13. The number of anilines is 2. The van der Waals surface area contributed by atoms with Gasteiger partial charge in [-0.1, -0.05) is 17.6 Å². The zero-order valence-corrected chi connectivity index (χ0v) is 12.2. The van der Waals surface area contributed by atoms with E-state index in [2.05, 4.69) is 4.72 Å². The maximum Gasteiger partial charge on any atom is 0.261 e.